The van der Waals surface area contributed by atoms with Crippen LogP contribution in [0.4, 0.5) is 17.1 Å². The van der Waals surface area contributed by atoms with Gasteiger partial charge in [-0.05, 0) is 98.5 Å². The lowest BCUT2D eigenvalue weighted by Crippen LogP contribution is -2.31. The molecule has 0 amide bonds. The second kappa shape index (κ2) is 13.2. The normalized spacial score (nSPS) is 16.5. The molecule has 0 saturated heterocycles. The molecule has 1 heterocycles. The predicted molar refractivity (Wildman–Crippen MR) is 229 cm³/mol. The Hall–Kier alpha value is -6.44. The fourth-order valence-electron chi connectivity index (χ4n) is 9.25. The molecule has 0 saturated carbocycles. The zero-order valence-electron chi connectivity index (χ0n) is 31.1. The van der Waals surface area contributed by atoms with Gasteiger partial charge in [0, 0.05) is 11.0 Å². The summed E-state index contributed by atoms with van der Waals surface area (Å²) < 4.78 is 0. The highest BCUT2D eigenvalue weighted by Gasteiger charge is 2.50. The molecule has 9 rings (SSSR count). The van der Waals surface area contributed by atoms with E-state index in [1.165, 1.54) is 78.2 Å². The first-order valence-electron chi connectivity index (χ1n) is 18.9. The Bertz CT molecular complexity index is 2440. The molecule has 260 valence electrons. The molecular weight excluding hydrogens is 651 g/mol. The lowest BCUT2D eigenvalue weighted by molar-refractivity contribution is 0.632. The van der Waals surface area contributed by atoms with Gasteiger partial charge in [0.2, 0.25) is 0 Å². The van der Waals surface area contributed by atoms with Crippen LogP contribution in [0.5, 0.6) is 0 Å². The van der Waals surface area contributed by atoms with Gasteiger partial charge in [0.15, 0.2) is 0 Å². The standard InChI is InChI=1S/C53H43N/c1-5-20-43-44(6-2)53(41-25-15-9-16-26-41,42-27-17-10-18-28-42)45-29-19-30-50(51(43)45)54-48-33-31-39(37-21-11-7-12-22-37)35-46(48)52(3,4)47-36-40(32-34-49(47)54)38-23-13-8-14-24-38/h5-36H,1H2,2-4H3/b43-20+,44-6+. The Labute approximate surface area is 319 Å². The van der Waals surface area contributed by atoms with E-state index in [2.05, 4.69) is 220 Å². The first kappa shape index (κ1) is 33.4. The molecule has 1 aliphatic carbocycles. The van der Waals surface area contributed by atoms with Crippen molar-refractivity contribution < 1.29 is 0 Å². The Morgan fingerprint density at radius 1 is 0.481 bits per heavy atom. The number of rotatable bonds is 6. The summed E-state index contributed by atoms with van der Waals surface area (Å²) in [5.41, 5.74) is 17.7. The number of anilines is 3. The van der Waals surface area contributed by atoms with Crippen LogP contribution in [0.2, 0.25) is 0 Å². The first-order valence-corrected chi connectivity index (χ1v) is 18.9. The maximum Gasteiger partial charge on any atom is 0.0711 e. The van der Waals surface area contributed by atoms with Gasteiger partial charge in [-0.15, -0.1) is 0 Å². The average molecular weight is 694 g/mol. The van der Waals surface area contributed by atoms with Gasteiger partial charge in [0.1, 0.15) is 0 Å². The maximum absolute atomic E-state index is 4.25. The van der Waals surface area contributed by atoms with Gasteiger partial charge in [0.25, 0.3) is 0 Å². The third-order valence-electron chi connectivity index (χ3n) is 11.7. The summed E-state index contributed by atoms with van der Waals surface area (Å²) in [5.74, 6) is 0. The summed E-state index contributed by atoms with van der Waals surface area (Å²) in [6, 6.07) is 64.6. The highest BCUT2D eigenvalue weighted by Crippen LogP contribution is 2.62. The molecule has 0 spiro atoms. The van der Waals surface area contributed by atoms with Crippen LogP contribution >= 0.6 is 0 Å². The largest absolute Gasteiger partial charge is 0.309 e. The van der Waals surface area contributed by atoms with Crippen molar-refractivity contribution >= 4 is 22.6 Å². The van der Waals surface area contributed by atoms with E-state index in [4.69, 9.17) is 0 Å². The van der Waals surface area contributed by atoms with Crippen LogP contribution in [-0.2, 0) is 10.8 Å². The topological polar surface area (TPSA) is 3.24 Å². The van der Waals surface area contributed by atoms with Crippen LogP contribution in [0.15, 0.2) is 206 Å². The fourth-order valence-corrected chi connectivity index (χ4v) is 9.25. The molecule has 0 atom stereocenters. The van der Waals surface area contributed by atoms with Crippen LogP contribution < -0.4 is 4.90 Å². The minimum atomic E-state index is -0.521. The Morgan fingerprint density at radius 3 is 1.43 bits per heavy atom. The summed E-state index contributed by atoms with van der Waals surface area (Å²) in [4.78, 5) is 2.54. The van der Waals surface area contributed by atoms with Crippen molar-refractivity contribution in [2.24, 2.45) is 0 Å². The smallest absolute Gasteiger partial charge is 0.0711 e. The van der Waals surface area contributed by atoms with E-state index < -0.39 is 5.41 Å². The van der Waals surface area contributed by atoms with Crippen molar-refractivity contribution in [3.8, 4) is 22.3 Å². The lowest BCUT2D eigenvalue weighted by atomic mass is 9.67. The van der Waals surface area contributed by atoms with Crippen molar-refractivity contribution in [3.05, 3.63) is 240 Å². The quantitative estimate of drug-likeness (QED) is 0.168. The minimum absolute atomic E-state index is 0.277. The average Bonchev–Trinajstić information content (AvgIpc) is 3.52. The molecule has 0 N–H and O–H groups in total. The van der Waals surface area contributed by atoms with Gasteiger partial charge in [0.05, 0.1) is 22.5 Å². The van der Waals surface area contributed by atoms with E-state index >= 15 is 0 Å². The van der Waals surface area contributed by atoms with Crippen LogP contribution in [0.3, 0.4) is 0 Å². The monoisotopic (exact) mass is 693 g/mol. The molecule has 2 aliphatic rings. The van der Waals surface area contributed by atoms with Gasteiger partial charge in [-0.25, -0.2) is 0 Å². The molecule has 0 fully saturated rings. The number of benzene rings is 7. The van der Waals surface area contributed by atoms with Crippen LogP contribution in [-0.4, -0.2) is 0 Å². The van der Waals surface area contributed by atoms with Crippen LogP contribution in [0.1, 0.15) is 54.2 Å². The lowest BCUT2D eigenvalue weighted by Gasteiger charge is -2.43. The van der Waals surface area contributed by atoms with Crippen LogP contribution in [0, 0.1) is 0 Å². The fraction of sp³-hybridized carbons (Fsp3) is 0.0943. The molecule has 0 unspecified atom stereocenters. The second-order valence-electron chi connectivity index (χ2n) is 14.9. The molecule has 1 heteroatoms. The molecule has 1 nitrogen and oxygen atoms in total. The highest BCUT2D eigenvalue weighted by atomic mass is 15.2. The van der Waals surface area contributed by atoms with Gasteiger partial charge < -0.3 is 4.90 Å². The van der Waals surface area contributed by atoms with Crippen LogP contribution in [0.25, 0.3) is 27.8 Å². The molecule has 0 radical (unpaired) electrons. The van der Waals surface area contributed by atoms with Crippen molar-refractivity contribution in [1.29, 1.82) is 0 Å². The third-order valence-corrected chi connectivity index (χ3v) is 11.7. The number of allylic oxidation sites excluding steroid dienone is 5. The van der Waals surface area contributed by atoms with Gasteiger partial charge in [-0.3, -0.25) is 0 Å². The van der Waals surface area contributed by atoms with Crippen molar-refractivity contribution in [3.63, 3.8) is 0 Å². The summed E-state index contributed by atoms with van der Waals surface area (Å²) >= 11 is 0. The molecule has 54 heavy (non-hydrogen) atoms. The minimum Gasteiger partial charge on any atom is -0.309 e. The summed E-state index contributed by atoms with van der Waals surface area (Å²) in [6.45, 7) is 11.2. The number of nitrogens with zero attached hydrogens (tertiary/aromatic N) is 1. The second-order valence-corrected chi connectivity index (χ2v) is 14.9. The molecule has 7 aromatic carbocycles. The molecule has 0 bridgehead atoms. The summed E-state index contributed by atoms with van der Waals surface area (Å²) in [7, 11) is 0. The van der Waals surface area contributed by atoms with Gasteiger partial charge >= 0.3 is 0 Å². The van der Waals surface area contributed by atoms with Crippen molar-refractivity contribution in [2.75, 3.05) is 4.90 Å². The third kappa shape index (κ3) is 5.00. The molecule has 0 aromatic heterocycles. The van der Waals surface area contributed by atoms with Crippen molar-refractivity contribution in [1.82, 2.24) is 0 Å². The number of fused-ring (bicyclic) bond motifs is 3. The summed E-state index contributed by atoms with van der Waals surface area (Å²) in [5, 5.41) is 0. The molecule has 7 aromatic rings. The SMILES string of the molecule is C=C/C=C1\C(=C/C)C(c2ccccc2)(c2ccccc2)c2cccc(N3c4ccc(-c5ccccc5)cc4C(C)(C)c4cc(-c5ccccc5)ccc43)c21. The number of hydrogen-bond acceptors (Lipinski definition) is 1. The summed E-state index contributed by atoms with van der Waals surface area (Å²) in [6.07, 6.45) is 6.49. The Kier molecular flexibility index (Phi) is 8.17. The Morgan fingerprint density at radius 2 is 0.963 bits per heavy atom. The van der Waals surface area contributed by atoms with E-state index in [1.54, 1.807) is 0 Å². The van der Waals surface area contributed by atoms with E-state index in [0.717, 1.165) is 5.69 Å². The molecular formula is C53H43N. The predicted octanol–water partition coefficient (Wildman–Crippen LogP) is 14.0. The van der Waals surface area contributed by atoms with E-state index in [9.17, 15) is 0 Å². The van der Waals surface area contributed by atoms with Crippen molar-refractivity contribution in [2.45, 2.75) is 31.6 Å². The maximum atomic E-state index is 4.25. The van der Waals surface area contributed by atoms with E-state index in [-0.39, 0.29) is 5.41 Å². The van der Waals surface area contributed by atoms with Gasteiger partial charge in [-0.1, -0.05) is 184 Å². The zero-order chi connectivity index (χ0) is 36.9. The van der Waals surface area contributed by atoms with E-state index in [0.29, 0.717) is 0 Å². The van der Waals surface area contributed by atoms with Gasteiger partial charge in [-0.2, -0.15) is 0 Å². The Balaban J connectivity index is 1.37. The first-order chi connectivity index (χ1) is 26.5. The molecule has 1 aliphatic heterocycles. The zero-order valence-corrected chi connectivity index (χ0v) is 31.1. The number of hydrogen-bond donors (Lipinski definition) is 0. The highest BCUT2D eigenvalue weighted by molar-refractivity contribution is 6.02. The van der Waals surface area contributed by atoms with E-state index in [1.807, 2.05) is 6.08 Å².